The average molecular weight is 352 g/mol. The lowest BCUT2D eigenvalue weighted by molar-refractivity contribution is -0.151. The van der Waals surface area contributed by atoms with Gasteiger partial charge in [-0.05, 0) is 72.1 Å². The summed E-state index contributed by atoms with van der Waals surface area (Å²) in [5, 5.41) is 0. The minimum absolute atomic E-state index is 0.0151. The van der Waals surface area contributed by atoms with Gasteiger partial charge in [-0.2, -0.15) is 0 Å². The van der Waals surface area contributed by atoms with E-state index in [1.165, 1.54) is 34.8 Å². The van der Waals surface area contributed by atoms with Gasteiger partial charge in [0.2, 0.25) is 0 Å². The highest BCUT2D eigenvalue weighted by Crippen LogP contribution is 2.58. The molecule has 3 nitrogen and oxygen atoms in total. The standard InChI is InChI=1S/C23H28O3/c1-4-12-23-13-11-19-18-8-6-17(25-3)14-16(18)5-7-20(19)21(23)9-10-22(23)26-15(2)24/h6,8-9,14,22H,4-5,7,10-13H2,1-3H3. The van der Waals surface area contributed by atoms with Gasteiger partial charge in [0.05, 0.1) is 7.11 Å². The molecule has 0 fully saturated rings. The van der Waals surface area contributed by atoms with Gasteiger partial charge < -0.3 is 9.47 Å². The number of rotatable bonds is 4. The fraction of sp³-hybridized carbons (Fsp3) is 0.522. The molecule has 0 saturated heterocycles. The third kappa shape index (κ3) is 2.60. The van der Waals surface area contributed by atoms with Crippen molar-refractivity contribution >= 4 is 11.5 Å². The Morgan fingerprint density at radius 2 is 2.08 bits per heavy atom. The smallest absolute Gasteiger partial charge is 0.302 e. The molecular weight excluding hydrogens is 324 g/mol. The van der Waals surface area contributed by atoms with E-state index in [-0.39, 0.29) is 17.5 Å². The molecular formula is C23H28O3. The van der Waals surface area contributed by atoms with E-state index < -0.39 is 0 Å². The maximum absolute atomic E-state index is 11.7. The zero-order valence-corrected chi connectivity index (χ0v) is 16.1. The number of aryl methyl sites for hydroxylation is 1. The summed E-state index contributed by atoms with van der Waals surface area (Å²) in [6.45, 7) is 3.78. The molecule has 3 heteroatoms. The molecule has 0 aliphatic heterocycles. The van der Waals surface area contributed by atoms with Crippen LogP contribution in [-0.4, -0.2) is 19.2 Å². The molecule has 3 aliphatic carbocycles. The van der Waals surface area contributed by atoms with Crippen LogP contribution in [0.5, 0.6) is 5.75 Å². The summed E-state index contributed by atoms with van der Waals surface area (Å²) in [6.07, 6.45) is 9.75. The van der Waals surface area contributed by atoms with Crippen molar-refractivity contribution in [3.63, 3.8) is 0 Å². The molecule has 2 atom stereocenters. The second-order valence-corrected chi connectivity index (χ2v) is 7.84. The van der Waals surface area contributed by atoms with Crippen LogP contribution >= 0.6 is 0 Å². The molecule has 0 bridgehead atoms. The highest BCUT2D eigenvalue weighted by atomic mass is 16.5. The van der Waals surface area contributed by atoms with E-state index >= 15 is 0 Å². The van der Waals surface area contributed by atoms with Crippen molar-refractivity contribution in [3.8, 4) is 5.75 Å². The Balaban J connectivity index is 1.75. The summed E-state index contributed by atoms with van der Waals surface area (Å²) in [6, 6.07) is 6.50. The summed E-state index contributed by atoms with van der Waals surface area (Å²) in [7, 11) is 1.73. The van der Waals surface area contributed by atoms with Crippen molar-refractivity contribution in [3.05, 3.63) is 46.5 Å². The predicted molar refractivity (Wildman–Crippen MR) is 103 cm³/mol. The molecule has 0 heterocycles. The lowest BCUT2D eigenvalue weighted by Crippen LogP contribution is -2.39. The third-order valence-corrected chi connectivity index (χ3v) is 6.49. The largest absolute Gasteiger partial charge is 0.497 e. The Morgan fingerprint density at radius 3 is 2.81 bits per heavy atom. The van der Waals surface area contributed by atoms with Crippen molar-refractivity contribution in [1.82, 2.24) is 0 Å². The van der Waals surface area contributed by atoms with Crippen LogP contribution in [-0.2, 0) is 16.0 Å². The maximum Gasteiger partial charge on any atom is 0.302 e. The van der Waals surface area contributed by atoms with Crippen LogP contribution in [0.25, 0.3) is 5.57 Å². The summed E-state index contributed by atoms with van der Waals surface area (Å²) >= 11 is 0. The molecule has 0 radical (unpaired) electrons. The first-order chi connectivity index (χ1) is 12.6. The summed E-state index contributed by atoms with van der Waals surface area (Å²) < 4.78 is 11.2. The summed E-state index contributed by atoms with van der Waals surface area (Å²) in [5.41, 5.74) is 7.35. The lowest BCUT2D eigenvalue weighted by atomic mass is 9.62. The van der Waals surface area contributed by atoms with E-state index in [1.807, 2.05) is 0 Å². The lowest BCUT2D eigenvalue weighted by Gasteiger charge is -2.44. The van der Waals surface area contributed by atoms with E-state index in [2.05, 4.69) is 31.2 Å². The molecule has 138 valence electrons. The van der Waals surface area contributed by atoms with Crippen LogP contribution in [0.3, 0.4) is 0 Å². The van der Waals surface area contributed by atoms with Crippen molar-refractivity contribution in [2.45, 2.75) is 64.9 Å². The van der Waals surface area contributed by atoms with Crippen LogP contribution in [0.15, 0.2) is 35.4 Å². The van der Waals surface area contributed by atoms with E-state index in [0.717, 1.165) is 50.7 Å². The Morgan fingerprint density at radius 1 is 1.23 bits per heavy atom. The number of hydrogen-bond acceptors (Lipinski definition) is 3. The molecule has 1 aromatic carbocycles. The van der Waals surface area contributed by atoms with Crippen molar-refractivity contribution in [1.29, 1.82) is 0 Å². The van der Waals surface area contributed by atoms with Gasteiger partial charge in [-0.3, -0.25) is 4.79 Å². The Hall–Kier alpha value is -2.03. The second kappa shape index (κ2) is 6.61. The Labute approximate surface area is 156 Å². The molecule has 26 heavy (non-hydrogen) atoms. The summed E-state index contributed by atoms with van der Waals surface area (Å²) in [5.74, 6) is 0.792. The molecule has 4 rings (SSSR count). The van der Waals surface area contributed by atoms with Gasteiger partial charge in [-0.1, -0.05) is 25.5 Å². The van der Waals surface area contributed by atoms with Gasteiger partial charge in [0, 0.05) is 18.8 Å². The third-order valence-electron chi connectivity index (χ3n) is 6.49. The second-order valence-electron chi connectivity index (χ2n) is 7.84. The minimum Gasteiger partial charge on any atom is -0.497 e. The molecule has 0 N–H and O–H groups in total. The first-order valence-electron chi connectivity index (χ1n) is 9.86. The zero-order chi connectivity index (χ0) is 18.3. The number of hydrogen-bond donors (Lipinski definition) is 0. The average Bonchev–Trinajstić information content (AvgIpc) is 2.99. The van der Waals surface area contributed by atoms with E-state index in [9.17, 15) is 4.79 Å². The Kier molecular flexibility index (Phi) is 4.42. The fourth-order valence-corrected chi connectivity index (χ4v) is 5.48. The molecule has 0 saturated carbocycles. The van der Waals surface area contributed by atoms with Gasteiger partial charge in [-0.15, -0.1) is 0 Å². The van der Waals surface area contributed by atoms with Gasteiger partial charge in [0.15, 0.2) is 0 Å². The van der Waals surface area contributed by atoms with Crippen LogP contribution in [0, 0.1) is 5.41 Å². The van der Waals surface area contributed by atoms with Gasteiger partial charge in [-0.25, -0.2) is 0 Å². The molecule has 0 spiro atoms. The fourth-order valence-electron chi connectivity index (χ4n) is 5.48. The SMILES string of the molecule is CCCC12CCC3=C(CCc4cc(OC)ccc43)C1=CCC2OC(C)=O. The first-order valence-corrected chi connectivity index (χ1v) is 9.86. The van der Waals surface area contributed by atoms with Crippen LogP contribution in [0.2, 0.25) is 0 Å². The molecule has 0 amide bonds. The van der Waals surface area contributed by atoms with Gasteiger partial charge >= 0.3 is 5.97 Å². The van der Waals surface area contributed by atoms with Crippen LogP contribution in [0.4, 0.5) is 0 Å². The topological polar surface area (TPSA) is 35.5 Å². The van der Waals surface area contributed by atoms with Crippen molar-refractivity contribution < 1.29 is 14.3 Å². The predicted octanol–water partition coefficient (Wildman–Crippen LogP) is 5.24. The van der Waals surface area contributed by atoms with Crippen LogP contribution in [0.1, 0.15) is 63.5 Å². The van der Waals surface area contributed by atoms with E-state index in [4.69, 9.17) is 9.47 Å². The molecule has 3 aliphatic rings. The maximum atomic E-state index is 11.7. The van der Waals surface area contributed by atoms with Gasteiger partial charge in [0.25, 0.3) is 0 Å². The Bertz CT molecular complexity index is 802. The number of fused-ring (bicyclic) bond motifs is 4. The van der Waals surface area contributed by atoms with E-state index in [0.29, 0.717) is 0 Å². The highest BCUT2D eigenvalue weighted by molar-refractivity contribution is 5.79. The van der Waals surface area contributed by atoms with Crippen LogP contribution < -0.4 is 4.74 Å². The number of allylic oxidation sites excluding steroid dienone is 2. The summed E-state index contributed by atoms with van der Waals surface area (Å²) in [4.78, 5) is 11.7. The quantitative estimate of drug-likeness (QED) is 0.695. The molecule has 2 unspecified atom stereocenters. The number of carbonyl (C=O) groups is 1. The monoisotopic (exact) mass is 352 g/mol. The van der Waals surface area contributed by atoms with E-state index in [1.54, 1.807) is 7.11 Å². The number of ether oxygens (including phenoxy) is 2. The number of esters is 1. The highest BCUT2D eigenvalue weighted by Gasteiger charge is 2.50. The number of methoxy groups -OCH3 is 1. The zero-order valence-electron chi connectivity index (χ0n) is 16.1. The normalized spacial score (nSPS) is 26.6. The molecule has 0 aromatic heterocycles. The first kappa shape index (κ1) is 17.4. The van der Waals surface area contributed by atoms with Gasteiger partial charge in [0.1, 0.15) is 11.9 Å². The number of benzene rings is 1. The van der Waals surface area contributed by atoms with Crippen molar-refractivity contribution in [2.75, 3.05) is 7.11 Å². The van der Waals surface area contributed by atoms with Crippen molar-refractivity contribution in [2.24, 2.45) is 5.41 Å². The molecule has 1 aromatic rings. The minimum atomic E-state index is -0.152. The number of carbonyl (C=O) groups excluding carboxylic acids is 1.